The van der Waals surface area contributed by atoms with Crippen LogP contribution < -0.4 is 17.0 Å². The predicted octanol–water partition coefficient (Wildman–Crippen LogP) is 2.63. The van der Waals surface area contributed by atoms with Gasteiger partial charge in [0, 0.05) is 18.6 Å². The van der Waals surface area contributed by atoms with Crippen molar-refractivity contribution in [3.63, 3.8) is 0 Å². The molecule has 0 saturated heterocycles. The van der Waals surface area contributed by atoms with Crippen molar-refractivity contribution in [2.24, 2.45) is 0 Å². The number of unbranched alkanes of at least 4 members (excludes halogenated alkanes) is 13. The minimum Gasteiger partial charge on any atom is -1.00 e. The van der Waals surface area contributed by atoms with Crippen molar-refractivity contribution in [3.8, 4) is 0 Å². The smallest absolute Gasteiger partial charge is 0.168 e. The second-order valence-corrected chi connectivity index (χ2v) is 6.71. The Kier molecular flexibility index (Phi) is 21.8. The maximum Gasteiger partial charge on any atom is 0.168 e. The summed E-state index contributed by atoms with van der Waals surface area (Å²) in [5.74, 6) is 0. The van der Waals surface area contributed by atoms with Crippen LogP contribution in [-0.2, 0) is 6.54 Å². The molecule has 0 aromatic carbocycles. The number of nitrogens with zero attached hydrogens (tertiary/aromatic N) is 1. The summed E-state index contributed by atoms with van der Waals surface area (Å²) in [5.41, 5.74) is 0. The van der Waals surface area contributed by atoms with E-state index >= 15 is 0 Å². The molecule has 0 radical (unpaired) electrons. The molecule has 24 heavy (non-hydrogen) atoms. The van der Waals surface area contributed by atoms with E-state index < -0.39 is 0 Å². The van der Waals surface area contributed by atoms with Crippen molar-refractivity contribution >= 4 is 0 Å². The number of hydrogen-bond acceptors (Lipinski definition) is 0. The molecule has 0 amide bonds. The van der Waals surface area contributed by atoms with Gasteiger partial charge >= 0.3 is 0 Å². The zero-order valence-electron chi connectivity index (χ0n) is 15.8. The van der Waals surface area contributed by atoms with Crippen LogP contribution in [0.5, 0.6) is 0 Å². The third-order valence-corrected chi connectivity index (χ3v) is 4.55. The molecule has 1 aromatic heterocycles. The van der Waals surface area contributed by atoms with Crippen LogP contribution in [0.2, 0.25) is 0 Å². The van der Waals surface area contributed by atoms with Crippen molar-refractivity contribution in [2.75, 3.05) is 0 Å². The number of rotatable bonds is 15. The lowest BCUT2D eigenvalue weighted by atomic mass is 10.0. The first-order chi connectivity index (χ1) is 10.9. The van der Waals surface area contributed by atoms with Gasteiger partial charge in [-0.15, -0.1) is 0 Å². The average Bonchev–Trinajstić information content (AvgIpc) is 2.56. The van der Waals surface area contributed by atoms with Gasteiger partial charge in [-0.1, -0.05) is 90.0 Å². The number of halogens is 1. The van der Waals surface area contributed by atoms with Crippen LogP contribution in [0.25, 0.3) is 0 Å². The van der Waals surface area contributed by atoms with E-state index in [4.69, 9.17) is 0 Å². The highest BCUT2D eigenvalue weighted by Gasteiger charge is 1.98. The fourth-order valence-corrected chi connectivity index (χ4v) is 3.07. The molecule has 3 heteroatoms. The molecule has 0 bridgehead atoms. The summed E-state index contributed by atoms with van der Waals surface area (Å²) >= 11 is 0. The van der Waals surface area contributed by atoms with Gasteiger partial charge < -0.3 is 17.9 Å². The van der Waals surface area contributed by atoms with Crippen LogP contribution in [0, 0.1) is 0 Å². The third-order valence-electron chi connectivity index (χ3n) is 4.55. The molecule has 0 saturated carbocycles. The highest BCUT2D eigenvalue weighted by Crippen LogP contribution is 2.12. The molecule has 0 atom stereocenters. The van der Waals surface area contributed by atoms with E-state index in [1.54, 1.807) is 0 Å². The molecule has 0 spiro atoms. The standard InChI is InChI=1S/C21H38N.ClH.H2O/c1-2-3-4-5-6-7-8-9-10-11-12-13-14-16-19-22-20-17-15-18-21-22;;/h15,17-18,20-21H,2-14,16,19H2,1H3;1H;1H2/q+1;;/p-1. The summed E-state index contributed by atoms with van der Waals surface area (Å²) in [4.78, 5) is 0. The van der Waals surface area contributed by atoms with Crippen LogP contribution in [0.15, 0.2) is 30.6 Å². The Bertz CT molecular complexity index is 332. The molecule has 0 fully saturated rings. The molecule has 2 N–H and O–H groups in total. The Morgan fingerprint density at radius 3 is 1.33 bits per heavy atom. The SMILES string of the molecule is CCCCCCCCCCCCCCCC[n+]1ccccc1.O.[Cl-]. The second-order valence-electron chi connectivity index (χ2n) is 6.71. The molecule has 0 aliphatic carbocycles. The second kappa shape index (κ2) is 20.4. The highest BCUT2D eigenvalue weighted by atomic mass is 35.5. The Labute approximate surface area is 156 Å². The Balaban J connectivity index is 0. The topological polar surface area (TPSA) is 35.4 Å². The molecule has 1 aromatic rings. The zero-order chi connectivity index (χ0) is 15.7. The van der Waals surface area contributed by atoms with Gasteiger partial charge in [0.15, 0.2) is 12.4 Å². The summed E-state index contributed by atoms with van der Waals surface area (Å²) in [6.07, 6.45) is 24.4. The molecular formula is C21H40ClNO. The average molecular weight is 358 g/mol. The Morgan fingerprint density at radius 2 is 0.917 bits per heavy atom. The van der Waals surface area contributed by atoms with Gasteiger partial charge in [-0.2, -0.15) is 0 Å². The van der Waals surface area contributed by atoms with Gasteiger partial charge in [0.25, 0.3) is 0 Å². The first-order valence-corrected chi connectivity index (χ1v) is 9.87. The molecule has 142 valence electrons. The van der Waals surface area contributed by atoms with Gasteiger partial charge in [0.05, 0.1) is 0 Å². The fourth-order valence-electron chi connectivity index (χ4n) is 3.07. The first kappa shape index (κ1) is 25.6. The summed E-state index contributed by atoms with van der Waals surface area (Å²) < 4.78 is 2.29. The minimum absolute atomic E-state index is 0. The monoisotopic (exact) mass is 357 g/mol. The van der Waals surface area contributed by atoms with Gasteiger partial charge in [-0.3, -0.25) is 0 Å². The van der Waals surface area contributed by atoms with Gasteiger partial charge in [-0.25, -0.2) is 4.57 Å². The van der Waals surface area contributed by atoms with Crippen LogP contribution in [0.1, 0.15) is 96.8 Å². The molecular weight excluding hydrogens is 318 g/mol. The predicted molar refractivity (Wildman–Crippen MR) is 101 cm³/mol. The number of aryl methyl sites for hydroxylation is 1. The van der Waals surface area contributed by atoms with E-state index in [-0.39, 0.29) is 17.9 Å². The van der Waals surface area contributed by atoms with Crippen molar-refractivity contribution < 1.29 is 22.5 Å². The summed E-state index contributed by atoms with van der Waals surface area (Å²) in [6, 6.07) is 6.31. The zero-order valence-corrected chi connectivity index (χ0v) is 16.6. The minimum atomic E-state index is 0. The molecule has 1 rings (SSSR count). The lowest BCUT2D eigenvalue weighted by molar-refractivity contribution is -0.697. The maximum atomic E-state index is 2.29. The van der Waals surface area contributed by atoms with Crippen molar-refractivity contribution in [1.82, 2.24) is 0 Å². The first-order valence-electron chi connectivity index (χ1n) is 9.87. The normalized spacial score (nSPS) is 10.0. The lowest BCUT2D eigenvalue weighted by Gasteiger charge is -2.02. The van der Waals surface area contributed by atoms with Crippen molar-refractivity contribution in [3.05, 3.63) is 30.6 Å². The molecule has 0 aliphatic heterocycles. The number of aromatic nitrogens is 1. The summed E-state index contributed by atoms with van der Waals surface area (Å²) in [5, 5.41) is 0. The van der Waals surface area contributed by atoms with E-state index in [0.717, 1.165) is 0 Å². The van der Waals surface area contributed by atoms with Crippen LogP contribution >= 0.6 is 0 Å². The van der Waals surface area contributed by atoms with Crippen LogP contribution in [-0.4, -0.2) is 5.48 Å². The van der Waals surface area contributed by atoms with Crippen molar-refractivity contribution in [1.29, 1.82) is 0 Å². The van der Waals surface area contributed by atoms with E-state index in [1.807, 2.05) is 0 Å². The van der Waals surface area contributed by atoms with Crippen LogP contribution in [0.4, 0.5) is 0 Å². The summed E-state index contributed by atoms with van der Waals surface area (Å²) in [6.45, 7) is 3.47. The lowest BCUT2D eigenvalue weighted by Crippen LogP contribution is -3.00. The Morgan fingerprint density at radius 1 is 0.542 bits per heavy atom. The number of pyridine rings is 1. The molecule has 1 heterocycles. The molecule has 0 unspecified atom stereocenters. The van der Waals surface area contributed by atoms with E-state index in [2.05, 4.69) is 42.1 Å². The molecule has 2 nitrogen and oxygen atoms in total. The van der Waals surface area contributed by atoms with Crippen molar-refractivity contribution in [2.45, 2.75) is 103 Å². The van der Waals surface area contributed by atoms with E-state index in [0.29, 0.717) is 0 Å². The largest absolute Gasteiger partial charge is 1.00 e. The fraction of sp³-hybridized carbons (Fsp3) is 0.762. The third kappa shape index (κ3) is 16.3. The molecule has 0 aliphatic rings. The number of hydrogen-bond donors (Lipinski definition) is 0. The van der Waals surface area contributed by atoms with Crippen LogP contribution in [0.3, 0.4) is 0 Å². The van der Waals surface area contributed by atoms with E-state index in [1.165, 1.54) is 96.4 Å². The highest BCUT2D eigenvalue weighted by molar-refractivity contribution is 4.83. The quantitative estimate of drug-likeness (QED) is 0.342. The van der Waals surface area contributed by atoms with Gasteiger partial charge in [0.1, 0.15) is 6.54 Å². The van der Waals surface area contributed by atoms with Gasteiger partial charge in [-0.05, 0) is 6.42 Å². The maximum absolute atomic E-state index is 2.29. The Hall–Kier alpha value is -0.600. The van der Waals surface area contributed by atoms with E-state index in [9.17, 15) is 0 Å². The van der Waals surface area contributed by atoms with Gasteiger partial charge in [0.2, 0.25) is 0 Å². The summed E-state index contributed by atoms with van der Waals surface area (Å²) in [7, 11) is 0.